The first-order valence-electron chi connectivity index (χ1n) is 13.1. The predicted octanol–water partition coefficient (Wildman–Crippen LogP) is 5.78. The molecule has 6 rings (SSSR count). The molecule has 1 N–H and O–H groups in total. The lowest BCUT2D eigenvalue weighted by molar-refractivity contribution is 0.0513. The van der Waals surface area contributed by atoms with Gasteiger partial charge in [-0.1, -0.05) is 41.7 Å². The zero-order valence-electron chi connectivity index (χ0n) is 22.7. The number of nitrogens with one attached hydrogen (secondary N) is 1. The number of amides is 1. The van der Waals surface area contributed by atoms with E-state index in [1.54, 1.807) is 23.2 Å². The highest BCUT2D eigenvalue weighted by atomic mass is 32.1. The largest absolute Gasteiger partial charge is 0.461 e. The van der Waals surface area contributed by atoms with Crippen LogP contribution in [0, 0.1) is 6.92 Å². The third kappa shape index (κ3) is 5.35. The number of aryl methyl sites for hydroxylation is 1. The third-order valence-corrected chi connectivity index (χ3v) is 9.04. The number of para-hydroxylation sites is 1. The van der Waals surface area contributed by atoms with E-state index in [2.05, 4.69) is 25.5 Å². The second kappa shape index (κ2) is 11.2. The average molecular weight is 586 g/mol. The summed E-state index contributed by atoms with van der Waals surface area (Å²) in [6, 6.07) is 19.1. The first-order chi connectivity index (χ1) is 19.9. The topological polar surface area (TPSA) is 113 Å². The smallest absolute Gasteiger partial charge is 0.358 e. The normalized spacial score (nSPS) is 13.2. The Morgan fingerprint density at radius 3 is 2.54 bits per heavy atom. The van der Waals surface area contributed by atoms with E-state index < -0.39 is 5.97 Å². The molecule has 41 heavy (non-hydrogen) atoms. The Labute approximate surface area is 244 Å². The van der Waals surface area contributed by atoms with Crippen molar-refractivity contribution in [1.82, 2.24) is 25.1 Å². The minimum Gasteiger partial charge on any atom is -0.461 e. The second-order valence-electron chi connectivity index (χ2n) is 9.61. The fraction of sp³-hybridized carbons (Fsp3) is 0.241. The molecule has 1 amide bonds. The quantitative estimate of drug-likeness (QED) is 0.226. The lowest BCUT2D eigenvalue weighted by Crippen LogP contribution is -2.48. The van der Waals surface area contributed by atoms with Crippen LogP contribution in [-0.4, -0.2) is 63.7 Å². The summed E-state index contributed by atoms with van der Waals surface area (Å²) in [5, 5.41) is 13.4. The molecular weight excluding hydrogens is 558 g/mol. The predicted molar refractivity (Wildman–Crippen MR) is 161 cm³/mol. The van der Waals surface area contributed by atoms with E-state index in [9.17, 15) is 9.59 Å². The van der Waals surface area contributed by atoms with Gasteiger partial charge in [0.25, 0.3) is 5.91 Å². The Bertz CT molecular complexity index is 1700. The molecule has 0 bridgehead atoms. The van der Waals surface area contributed by atoms with Gasteiger partial charge in [-0.3, -0.25) is 4.79 Å². The Hall–Kier alpha value is -4.42. The van der Waals surface area contributed by atoms with Crippen LogP contribution in [0.1, 0.15) is 44.1 Å². The number of anilines is 4. The van der Waals surface area contributed by atoms with Crippen molar-refractivity contribution < 1.29 is 14.3 Å². The Balaban J connectivity index is 1.21. The fourth-order valence-electron chi connectivity index (χ4n) is 4.54. The molecule has 1 aliphatic heterocycles. The lowest BCUT2D eigenvalue weighted by atomic mass is 9.96. The van der Waals surface area contributed by atoms with Crippen molar-refractivity contribution in [2.75, 3.05) is 37.0 Å². The number of carbonyl (C=O) groups is 2. The van der Waals surface area contributed by atoms with Crippen LogP contribution in [0.15, 0.2) is 60.7 Å². The fourth-order valence-corrected chi connectivity index (χ4v) is 6.51. The molecule has 0 unspecified atom stereocenters. The zero-order chi connectivity index (χ0) is 28.5. The molecular formula is C29H27N7O3S2. The summed E-state index contributed by atoms with van der Waals surface area (Å²) in [6.45, 7) is 4.99. The molecule has 208 valence electrons. The molecule has 1 aliphatic rings. The maximum absolute atomic E-state index is 12.8. The number of thiazole rings is 2. The van der Waals surface area contributed by atoms with Gasteiger partial charge in [-0.15, -0.1) is 21.5 Å². The molecule has 0 radical (unpaired) electrons. The van der Waals surface area contributed by atoms with Gasteiger partial charge < -0.3 is 19.9 Å². The van der Waals surface area contributed by atoms with Gasteiger partial charge in [0.15, 0.2) is 27.6 Å². The van der Waals surface area contributed by atoms with E-state index in [1.807, 2.05) is 79.5 Å². The highest BCUT2D eigenvalue weighted by Crippen LogP contribution is 2.39. The van der Waals surface area contributed by atoms with Crippen LogP contribution >= 0.6 is 22.7 Å². The number of esters is 1. The van der Waals surface area contributed by atoms with Crippen LogP contribution in [0.4, 0.5) is 21.9 Å². The van der Waals surface area contributed by atoms with Crippen molar-refractivity contribution in [2.45, 2.75) is 19.8 Å². The van der Waals surface area contributed by atoms with Crippen LogP contribution in [-0.2, 0) is 4.74 Å². The summed E-state index contributed by atoms with van der Waals surface area (Å²) in [4.78, 5) is 39.3. The molecule has 0 spiro atoms. The van der Waals surface area contributed by atoms with Crippen molar-refractivity contribution >= 4 is 66.7 Å². The molecule has 1 saturated heterocycles. The van der Waals surface area contributed by atoms with E-state index in [4.69, 9.17) is 4.74 Å². The van der Waals surface area contributed by atoms with Gasteiger partial charge in [0.2, 0.25) is 0 Å². The van der Waals surface area contributed by atoms with Crippen molar-refractivity contribution in [3.8, 4) is 0 Å². The summed E-state index contributed by atoms with van der Waals surface area (Å²) in [5.41, 5.74) is 2.75. The minimum absolute atomic E-state index is 0.00470. The SMILES string of the molecule is CCOC(=O)c1nc(N(C)c2cc(C)c(Nc3nc4ccccc4s3)nn2)sc1C1CN(C(=O)c2ccccc2)C1. The maximum atomic E-state index is 12.8. The lowest BCUT2D eigenvalue weighted by Gasteiger charge is -2.39. The van der Waals surface area contributed by atoms with Gasteiger partial charge in [0.05, 0.1) is 16.8 Å². The second-order valence-corrected chi connectivity index (χ2v) is 11.6. The third-order valence-electron chi connectivity index (χ3n) is 6.79. The number of nitrogens with zero attached hydrogens (tertiary/aromatic N) is 6. The van der Waals surface area contributed by atoms with E-state index in [0.717, 1.165) is 25.8 Å². The van der Waals surface area contributed by atoms with Gasteiger partial charge in [-0.05, 0) is 49.7 Å². The molecule has 4 heterocycles. The molecule has 5 aromatic rings. The molecule has 2 aromatic carbocycles. The molecule has 10 nitrogen and oxygen atoms in total. The number of carbonyl (C=O) groups excluding carboxylic acids is 2. The van der Waals surface area contributed by atoms with Crippen LogP contribution in [0.3, 0.4) is 0 Å². The van der Waals surface area contributed by atoms with E-state index in [-0.39, 0.29) is 24.1 Å². The highest BCUT2D eigenvalue weighted by molar-refractivity contribution is 7.22. The van der Waals surface area contributed by atoms with Gasteiger partial charge in [0, 0.05) is 36.5 Å². The molecule has 1 fully saturated rings. The van der Waals surface area contributed by atoms with Crippen molar-refractivity contribution in [3.63, 3.8) is 0 Å². The number of rotatable bonds is 8. The summed E-state index contributed by atoms with van der Waals surface area (Å²) in [7, 11) is 1.84. The summed E-state index contributed by atoms with van der Waals surface area (Å²) >= 11 is 2.96. The van der Waals surface area contributed by atoms with Crippen LogP contribution in [0.2, 0.25) is 0 Å². The summed E-state index contributed by atoms with van der Waals surface area (Å²) < 4.78 is 6.40. The number of ether oxygens (including phenoxy) is 1. The van der Waals surface area contributed by atoms with Crippen LogP contribution < -0.4 is 10.2 Å². The Morgan fingerprint density at radius 1 is 1.05 bits per heavy atom. The first-order valence-corrected chi connectivity index (χ1v) is 14.8. The van der Waals surface area contributed by atoms with Gasteiger partial charge in [-0.2, -0.15) is 0 Å². The van der Waals surface area contributed by atoms with Crippen LogP contribution in [0.25, 0.3) is 10.2 Å². The molecule has 0 atom stereocenters. The number of aromatic nitrogens is 4. The summed E-state index contributed by atoms with van der Waals surface area (Å²) in [6.07, 6.45) is 0. The molecule has 3 aromatic heterocycles. The monoisotopic (exact) mass is 585 g/mol. The van der Waals surface area contributed by atoms with Crippen molar-refractivity contribution in [3.05, 3.63) is 82.4 Å². The Kier molecular flexibility index (Phi) is 7.33. The van der Waals surface area contributed by atoms with Crippen molar-refractivity contribution in [1.29, 1.82) is 0 Å². The number of hydrogen-bond donors (Lipinski definition) is 1. The van der Waals surface area contributed by atoms with E-state index >= 15 is 0 Å². The number of likely N-dealkylation sites (tertiary alicyclic amines) is 1. The minimum atomic E-state index is -0.469. The maximum Gasteiger partial charge on any atom is 0.358 e. The zero-order valence-corrected chi connectivity index (χ0v) is 24.3. The van der Waals surface area contributed by atoms with Gasteiger partial charge in [-0.25, -0.2) is 14.8 Å². The summed E-state index contributed by atoms with van der Waals surface area (Å²) in [5.74, 6) is 0.707. The van der Waals surface area contributed by atoms with E-state index in [1.165, 1.54) is 11.3 Å². The molecule has 0 saturated carbocycles. The van der Waals surface area contributed by atoms with E-state index in [0.29, 0.717) is 35.4 Å². The van der Waals surface area contributed by atoms with Gasteiger partial charge >= 0.3 is 5.97 Å². The standard InChI is InChI=1S/C29H27N7O3S2/c1-4-39-27(38)23-24(19-15-36(16-19)26(37)18-10-6-5-7-11-18)41-29(31-23)35(3)22-14-17(2)25(34-33-22)32-28-30-20-12-8-9-13-21(20)40-28/h5-14,19H,4,15-16H2,1-3H3,(H,30,32,34). The van der Waals surface area contributed by atoms with Crippen molar-refractivity contribution in [2.24, 2.45) is 0 Å². The number of hydrogen-bond acceptors (Lipinski definition) is 11. The Morgan fingerprint density at radius 2 is 1.80 bits per heavy atom. The molecule has 12 heteroatoms. The van der Waals surface area contributed by atoms with Crippen LogP contribution in [0.5, 0.6) is 0 Å². The number of fused-ring (bicyclic) bond motifs is 1. The first kappa shape index (κ1) is 26.8. The average Bonchev–Trinajstić information content (AvgIpc) is 3.58. The highest BCUT2D eigenvalue weighted by Gasteiger charge is 2.37. The van der Waals surface area contributed by atoms with Gasteiger partial charge in [0.1, 0.15) is 0 Å². The number of benzene rings is 2. The molecule has 0 aliphatic carbocycles.